The summed E-state index contributed by atoms with van der Waals surface area (Å²) in [5, 5.41) is 4.04. The van der Waals surface area contributed by atoms with Crippen molar-refractivity contribution in [1.29, 1.82) is 0 Å². The van der Waals surface area contributed by atoms with Crippen LogP contribution in [0.5, 0.6) is 0 Å². The zero-order valence-corrected chi connectivity index (χ0v) is 12.1. The Bertz CT molecular complexity index is 777. The Kier molecular flexibility index (Phi) is 3.44. The summed E-state index contributed by atoms with van der Waals surface area (Å²) >= 11 is 0. The van der Waals surface area contributed by atoms with Crippen molar-refractivity contribution < 1.29 is 4.52 Å². The highest BCUT2D eigenvalue weighted by molar-refractivity contribution is 5.62. The van der Waals surface area contributed by atoms with Gasteiger partial charge in [-0.2, -0.15) is 4.98 Å². The van der Waals surface area contributed by atoms with E-state index >= 15 is 0 Å². The largest absolute Gasteiger partial charge is 0.398 e. The third-order valence-electron chi connectivity index (χ3n) is 3.44. The van der Waals surface area contributed by atoms with E-state index in [2.05, 4.69) is 35.3 Å². The van der Waals surface area contributed by atoms with Gasteiger partial charge < -0.3 is 10.3 Å². The van der Waals surface area contributed by atoms with Gasteiger partial charge in [0.15, 0.2) is 5.82 Å². The summed E-state index contributed by atoms with van der Waals surface area (Å²) in [4.78, 5) is 4.44. The molecule has 4 heteroatoms. The maximum absolute atomic E-state index is 5.92. The lowest BCUT2D eigenvalue weighted by atomic mass is 10.1. The van der Waals surface area contributed by atoms with Crippen LogP contribution in [0.1, 0.15) is 22.5 Å². The number of anilines is 1. The van der Waals surface area contributed by atoms with Crippen molar-refractivity contribution in [2.45, 2.75) is 20.3 Å². The van der Waals surface area contributed by atoms with Gasteiger partial charge in [-0.3, -0.25) is 0 Å². The first-order chi connectivity index (χ1) is 10.1. The Morgan fingerprint density at radius 2 is 1.95 bits per heavy atom. The highest BCUT2D eigenvalue weighted by atomic mass is 16.5. The number of rotatable bonds is 3. The second-order valence-electron chi connectivity index (χ2n) is 5.25. The molecule has 2 N–H and O–H groups in total. The molecule has 2 aromatic carbocycles. The first kappa shape index (κ1) is 13.4. The smallest absolute Gasteiger partial charge is 0.258 e. The average Bonchev–Trinajstić information content (AvgIpc) is 2.90. The molecule has 0 saturated carbocycles. The van der Waals surface area contributed by atoms with Crippen LogP contribution in [0.3, 0.4) is 0 Å². The lowest BCUT2D eigenvalue weighted by Crippen LogP contribution is -1.92. The number of nitrogen functional groups attached to an aromatic ring is 1. The molecule has 0 unspecified atom stereocenters. The van der Waals surface area contributed by atoms with Gasteiger partial charge in [-0.15, -0.1) is 0 Å². The molecule has 0 atom stereocenters. The summed E-state index contributed by atoms with van der Waals surface area (Å²) in [6.45, 7) is 4.04. The average molecular weight is 279 g/mol. The number of nitrogens with zero attached hydrogens (tertiary/aromatic N) is 2. The van der Waals surface area contributed by atoms with Gasteiger partial charge in [-0.25, -0.2) is 0 Å². The molecule has 21 heavy (non-hydrogen) atoms. The molecule has 3 rings (SSSR count). The van der Waals surface area contributed by atoms with E-state index in [4.69, 9.17) is 10.3 Å². The fourth-order valence-electron chi connectivity index (χ4n) is 2.22. The highest BCUT2D eigenvalue weighted by Crippen LogP contribution is 2.22. The summed E-state index contributed by atoms with van der Waals surface area (Å²) in [5.74, 6) is 1.18. The lowest BCUT2D eigenvalue weighted by molar-refractivity contribution is 0.424. The van der Waals surface area contributed by atoms with Gasteiger partial charge in [0.1, 0.15) is 0 Å². The van der Waals surface area contributed by atoms with Crippen LogP contribution in [0, 0.1) is 13.8 Å². The van der Waals surface area contributed by atoms with Crippen LogP contribution < -0.4 is 5.73 Å². The molecule has 1 heterocycles. The van der Waals surface area contributed by atoms with Gasteiger partial charge in [-0.1, -0.05) is 41.1 Å². The summed E-state index contributed by atoms with van der Waals surface area (Å²) in [5.41, 5.74) is 10.9. The Hall–Kier alpha value is -2.62. The van der Waals surface area contributed by atoms with Crippen LogP contribution in [0.25, 0.3) is 11.5 Å². The number of aryl methyl sites for hydroxylation is 2. The standard InChI is InChI=1S/C17H17N3O/c1-11-4-3-5-13(8-11)9-16-19-17(21-20-16)14-7-6-12(2)15(18)10-14/h3-8,10H,9,18H2,1-2H3. The molecular formula is C17H17N3O. The first-order valence-electron chi connectivity index (χ1n) is 6.86. The Morgan fingerprint density at radius 3 is 2.71 bits per heavy atom. The van der Waals surface area contributed by atoms with Crippen LogP contribution in [0.15, 0.2) is 47.0 Å². The molecule has 0 aliphatic heterocycles. The van der Waals surface area contributed by atoms with Crippen LogP contribution in [0.2, 0.25) is 0 Å². The van der Waals surface area contributed by atoms with E-state index in [-0.39, 0.29) is 0 Å². The Balaban J connectivity index is 1.84. The van der Waals surface area contributed by atoms with Crippen molar-refractivity contribution in [3.63, 3.8) is 0 Å². The summed E-state index contributed by atoms with van der Waals surface area (Å²) in [6.07, 6.45) is 0.659. The van der Waals surface area contributed by atoms with Gasteiger partial charge in [-0.05, 0) is 37.1 Å². The van der Waals surface area contributed by atoms with Crippen LogP contribution in [-0.2, 0) is 6.42 Å². The zero-order valence-electron chi connectivity index (χ0n) is 12.1. The van der Waals surface area contributed by atoms with E-state index < -0.39 is 0 Å². The van der Waals surface area contributed by atoms with Gasteiger partial charge in [0.05, 0.1) is 0 Å². The summed E-state index contributed by atoms with van der Waals surface area (Å²) in [6, 6.07) is 14.0. The van der Waals surface area contributed by atoms with Crippen LogP contribution >= 0.6 is 0 Å². The van der Waals surface area contributed by atoms with Gasteiger partial charge in [0.2, 0.25) is 0 Å². The van der Waals surface area contributed by atoms with Crippen LogP contribution in [-0.4, -0.2) is 10.1 Å². The van der Waals surface area contributed by atoms with E-state index in [0.29, 0.717) is 18.1 Å². The molecule has 0 aliphatic carbocycles. The minimum absolute atomic E-state index is 0.504. The monoisotopic (exact) mass is 279 g/mol. The molecule has 4 nitrogen and oxygen atoms in total. The molecule has 0 spiro atoms. The van der Waals surface area contributed by atoms with Crippen molar-refractivity contribution in [2.75, 3.05) is 5.73 Å². The second-order valence-corrected chi connectivity index (χ2v) is 5.25. The van der Waals surface area contributed by atoms with E-state index in [1.165, 1.54) is 11.1 Å². The minimum Gasteiger partial charge on any atom is -0.398 e. The third kappa shape index (κ3) is 2.94. The zero-order chi connectivity index (χ0) is 14.8. The normalized spacial score (nSPS) is 10.8. The van der Waals surface area contributed by atoms with Crippen molar-refractivity contribution in [3.8, 4) is 11.5 Å². The molecular weight excluding hydrogens is 262 g/mol. The van der Waals surface area contributed by atoms with Crippen molar-refractivity contribution in [2.24, 2.45) is 0 Å². The quantitative estimate of drug-likeness (QED) is 0.745. The fraction of sp³-hybridized carbons (Fsp3) is 0.176. The molecule has 0 fully saturated rings. The number of hydrogen-bond donors (Lipinski definition) is 1. The SMILES string of the molecule is Cc1cccc(Cc2noc(-c3ccc(C)c(N)c3)n2)c1. The number of hydrogen-bond acceptors (Lipinski definition) is 4. The van der Waals surface area contributed by atoms with Crippen molar-refractivity contribution in [3.05, 3.63) is 65.0 Å². The summed E-state index contributed by atoms with van der Waals surface area (Å²) in [7, 11) is 0. The Morgan fingerprint density at radius 1 is 1.10 bits per heavy atom. The molecule has 0 aliphatic rings. The number of nitrogens with two attached hydrogens (primary N) is 1. The minimum atomic E-state index is 0.504. The molecule has 0 saturated heterocycles. The van der Waals surface area contributed by atoms with Gasteiger partial charge in [0, 0.05) is 17.7 Å². The summed E-state index contributed by atoms with van der Waals surface area (Å²) < 4.78 is 5.33. The number of aromatic nitrogens is 2. The topological polar surface area (TPSA) is 64.9 Å². The van der Waals surface area contributed by atoms with Gasteiger partial charge >= 0.3 is 0 Å². The van der Waals surface area contributed by atoms with E-state index in [0.717, 1.165) is 16.8 Å². The number of benzene rings is 2. The fourth-order valence-corrected chi connectivity index (χ4v) is 2.22. The second kappa shape index (κ2) is 5.40. The molecule has 0 bridgehead atoms. The van der Waals surface area contributed by atoms with Crippen molar-refractivity contribution in [1.82, 2.24) is 10.1 Å². The maximum atomic E-state index is 5.92. The molecule has 1 aromatic heterocycles. The maximum Gasteiger partial charge on any atom is 0.258 e. The van der Waals surface area contributed by atoms with Crippen LogP contribution in [0.4, 0.5) is 5.69 Å². The van der Waals surface area contributed by atoms with Gasteiger partial charge in [0.25, 0.3) is 5.89 Å². The highest BCUT2D eigenvalue weighted by Gasteiger charge is 2.10. The predicted octanol–water partition coefficient (Wildman–Crippen LogP) is 3.53. The van der Waals surface area contributed by atoms with Crippen molar-refractivity contribution >= 4 is 5.69 Å². The lowest BCUT2D eigenvalue weighted by Gasteiger charge is -2.00. The predicted molar refractivity (Wildman–Crippen MR) is 82.9 cm³/mol. The van der Waals surface area contributed by atoms with E-state index in [9.17, 15) is 0 Å². The molecule has 3 aromatic rings. The Labute approximate surface area is 123 Å². The molecule has 0 radical (unpaired) electrons. The van der Waals surface area contributed by atoms with E-state index in [1.54, 1.807) is 0 Å². The van der Waals surface area contributed by atoms with E-state index in [1.807, 2.05) is 31.2 Å². The first-order valence-corrected chi connectivity index (χ1v) is 6.86. The molecule has 0 amide bonds. The molecule has 106 valence electrons. The third-order valence-corrected chi connectivity index (χ3v) is 3.44.